The van der Waals surface area contributed by atoms with Gasteiger partial charge < -0.3 is 14.6 Å². The Morgan fingerprint density at radius 1 is 1.41 bits per heavy atom. The Balaban J connectivity index is 2.21. The molecule has 1 saturated heterocycles. The molecular formula is C13H22N2O2. The lowest BCUT2D eigenvalue weighted by atomic mass is 9.86. The van der Waals surface area contributed by atoms with Crippen LogP contribution in [0, 0.1) is 13.8 Å². The fourth-order valence-electron chi connectivity index (χ4n) is 2.67. The number of piperidine rings is 1. The van der Waals surface area contributed by atoms with Gasteiger partial charge in [-0.25, -0.2) is 0 Å². The van der Waals surface area contributed by atoms with Crippen LogP contribution in [0.15, 0.2) is 4.52 Å². The molecule has 0 radical (unpaired) electrons. The van der Waals surface area contributed by atoms with Crippen molar-refractivity contribution in [3.05, 3.63) is 17.0 Å². The summed E-state index contributed by atoms with van der Waals surface area (Å²) in [7, 11) is 0. The standard InChI is InChI=1S/C13H22N2O2/c1-8(2)16-12-7-14-6-5-11(12)13-9(3)15-17-10(13)4/h8,11-12,14H,5-7H2,1-4H3. The zero-order valence-electron chi connectivity index (χ0n) is 11.1. The smallest absolute Gasteiger partial charge is 0.137 e. The zero-order chi connectivity index (χ0) is 12.4. The summed E-state index contributed by atoms with van der Waals surface area (Å²) in [4.78, 5) is 0. The zero-order valence-corrected chi connectivity index (χ0v) is 11.1. The van der Waals surface area contributed by atoms with E-state index in [1.807, 2.05) is 13.8 Å². The normalized spacial score (nSPS) is 25.5. The molecule has 2 rings (SSSR count). The third-order valence-electron chi connectivity index (χ3n) is 3.33. The van der Waals surface area contributed by atoms with Gasteiger partial charge in [0.05, 0.1) is 17.9 Å². The van der Waals surface area contributed by atoms with Crippen molar-refractivity contribution in [3.63, 3.8) is 0 Å². The third kappa shape index (κ3) is 2.69. The Morgan fingerprint density at radius 3 is 2.76 bits per heavy atom. The van der Waals surface area contributed by atoms with Crippen LogP contribution in [0.4, 0.5) is 0 Å². The summed E-state index contributed by atoms with van der Waals surface area (Å²) < 4.78 is 11.3. The first-order valence-electron chi connectivity index (χ1n) is 6.38. The molecule has 0 amide bonds. The number of ether oxygens (including phenoxy) is 1. The molecule has 2 atom stereocenters. The Morgan fingerprint density at radius 2 is 2.18 bits per heavy atom. The molecule has 0 saturated carbocycles. The van der Waals surface area contributed by atoms with Crippen LogP contribution >= 0.6 is 0 Å². The maximum atomic E-state index is 6.01. The van der Waals surface area contributed by atoms with E-state index in [1.54, 1.807) is 0 Å². The Kier molecular flexibility index (Phi) is 3.84. The molecule has 2 unspecified atom stereocenters. The molecule has 1 aliphatic rings. The predicted octanol–water partition coefficient (Wildman–Crippen LogP) is 2.16. The van der Waals surface area contributed by atoms with Crippen LogP contribution in [-0.2, 0) is 4.74 Å². The van der Waals surface area contributed by atoms with E-state index in [2.05, 4.69) is 24.3 Å². The van der Waals surface area contributed by atoms with E-state index in [1.165, 1.54) is 5.56 Å². The number of aryl methyl sites for hydroxylation is 2. The van der Waals surface area contributed by atoms with Crippen molar-refractivity contribution in [2.24, 2.45) is 0 Å². The summed E-state index contributed by atoms with van der Waals surface area (Å²) in [6, 6.07) is 0. The number of aromatic nitrogens is 1. The minimum Gasteiger partial charge on any atom is -0.374 e. The van der Waals surface area contributed by atoms with E-state index in [0.29, 0.717) is 5.92 Å². The van der Waals surface area contributed by atoms with Crippen molar-refractivity contribution in [2.45, 2.75) is 52.2 Å². The second-order valence-electron chi connectivity index (χ2n) is 5.06. The molecule has 1 fully saturated rings. The van der Waals surface area contributed by atoms with E-state index in [9.17, 15) is 0 Å². The second kappa shape index (κ2) is 5.19. The van der Waals surface area contributed by atoms with Gasteiger partial charge in [0, 0.05) is 18.0 Å². The van der Waals surface area contributed by atoms with Gasteiger partial charge >= 0.3 is 0 Å². The van der Waals surface area contributed by atoms with Crippen molar-refractivity contribution < 1.29 is 9.26 Å². The van der Waals surface area contributed by atoms with Gasteiger partial charge in [-0.05, 0) is 40.7 Å². The molecule has 1 aromatic heterocycles. The van der Waals surface area contributed by atoms with Crippen LogP contribution in [0.3, 0.4) is 0 Å². The van der Waals surface area contributed by atoms with Crippen LogP contribution in [0.1, 0.15) is 43.2 Å². The van der Waals surface area contributed by atoms with Crippen molar-refractivity contribution in [1.29, 1.82) is 0 Å². The van der Waals surface area contributed by atoms with Crippen LogP contribution in [0.25, 0.3) is 0 Å². The van der Waals surface area contributed by atoms with Gasteiger partial charge in [0.2, 0.25) is 0 Å². The Hall–Kier alpha value is -0.870. The SMILES string of the molecule is Cc1noc(C)c1C1CCNCC1OC(C)C. The molecule has 2 heterocycles. The number of rotatable bonds is 3. The first-order valence-corrected chi connectivity index (χ1v) is 6.38. The highest BCUT2D eigenvalue weighted by Crippen LogP contribution is 2.32. The van der Waals surface area contributed by atoms with Gasteiger partial charge in [-0.3, -0.25) is 0 Å². The molecule has 0 bridgehead atoms. The molecule has 1 aliphatic heterocycles. The Bertz CT molecular complexity index is 354. The van der Waals surface area contributed by atoms with Crippen LogP contribution in [0.2, 0.25) is 0 Å². The molecule has 0 aliphatic carbocycles. The topological polar surface area (TPSA) is 47.3 Å². The first-order chi connectivity index (χ1) is 8.09. The molecule has 1 aromatic rings. The summed E-state index contributed by atoms with van der Waals surface area (Å²) >= 11 is 0. The lowest BCUT2D eigenvalue weighted by Gasteiger charge is -2.33. The molecular weight excluding hydrogens is 216 g/mol. The Labute approximate surface area is 103 Å². The van der Waals surface area contributed by atoms with Crippen molar-refractivity contribution in [2.75, 3.05) is 13.1 Å². The van der Waals surface area contributed by atoms with Gasteiger partial charge in [0.25, 0.3) is 0 Å². The van der Waals surface area contributed by atoms with E-state index in [4.69, 9.17) is 9.26 Å². The quantitative estimate of drug-likeness (QED) is 0.876. The van der Waals surface area contributed by atoms with Crippen molar-refractivity contribution in [3.8, 4) is 0 Å². The van der Waals surface area contributed by atoms with E-state index in [0.717, 1.165) is 31.0 Å². The highest BCUT2D eigenvalue weighted by molar-refractivity contribution is 5.27. The summed E-state index contributed by atoms with van der Waals surface area (Å²) in [5.74, 6) is 1.34. The second-order valence-corrected chi connectivity index (χ2v) is 5.06. The first kappa shape index (κ1) is 12.6. The maximum Gasteiger partial charge on any atom is 0.137 e. The molecule has 0 spiro atoms. The molecule has 4 heteroatoms. The third-order valence-corrected chi connectivity index (χ3v) is 3.33. The number of nitrogens with zero attached hydrogens (tertiary/aromatic N) is 1. The molecule has 1 N–H and O–H groups in total. The highest BCUT2D eigenvalue weighted by atomic mass is 16.5. The highest BCUT2D eigenvalue weighted by Gasteiger charge is 2.31. The fourth-order valence-corrected chi connectivity index (χ4v) is 2.67. The summed E-state index contributed by atoms with van der Waals surface area (Å²) in [5, 5.41) is 7.45. The predicted molar refractivity (Wildman–Crippen MR) is 66.2 cm³/mol. The van der Waals surface area contributed by atoms with E-state index in [-0.39, 0.29) is 12.2 Å². The monoisotopic (exact) mass is 238 g/mol. The van der Waals surface area contributed by atoms with Crippen LogP contribution < -0.4 is 5.32 Å². The maximum absolute atomic E-state index is 6.01. The molecule has 0 aromatic carbocycles. The van der Waals surface area contributed by atoms with Crippen molar-refractivity contribution >= 4 is 0 Å². The van der Waals surface area contributed by atoms with Gasteiger partial charge in [0.15, 0.2) is 0 Å². The van der Waals surface area contributed by atoms with Crippen LogP contribution in [0.5, 0.6) is 0 Å². The minimum atomic E-state index is 0.223. The van der Waals surface area contributed by atoms with Gasteiger partial charge in [-0.2, -0.15) is 0 Å². The van der Waals surface area contributed by atoms with E-state index < -0.39 is 0 Å². The number of nitrogens with one attached hydrogen (secondary N) is 1. The minimum absolute atomic E-state index is 0.223. The average Bonchev–Trinajstić information content (AvgIpc) is 2.59. The molecule has 96 valence electrons. The van der Waals surface area contributed by atoms with Gasteiger partial charge in [-0.1, -0.05) is 5.16 Å². The molecule has 4 nitrogen and oxygen atoms in total. The lowest BCUT2D eigenvalue weighted by Crippen LogP contribution is -2.42. The molecule has 17 heavy (non-hydrogen) atoms. The summed E-state index contributed by atoms with van der Waals surface area (Å²) in [6.07, 6.45) is 1.56. The van der Waals surface area contributed by atoms with Crippen molar-refractivity contribution in [1.82, 2.24) is 10.5 Å². The fraction of sp³-hybridized carbons (Fsp3) is 0.769. The van der Waals surface area contributed by atoms with Crippen LogP contribution in [-0.4, -0.2) is 30.5 Å². The number of hydrogen-bond acceptors (Lipinski definition) is 4. The lowest BCUT2D eigenvalue weighted by molar-refractivity contribution is -0.0173. The number of hydrogen-bond donors (Lipinski definition) is 1. The summed E-state index contributed by atoms with van der Waals surface area (Å²) in [5.41, 5.74) is 2.25. The van der Waals surface area contributed by atoms with Gasteiger partial charge in [-0.15, -0.1) is 0 Å². The average molecular weight is 238 g/mol. The van der Waals surface area contributed by atoms with E-state index >= 15 is 0 Å². The summed E-state index contributed by atoms with van der Waals surface area (Å²) in [6.45, 7) is 10.1. The largest absolute Gasteiger partial charge is 0.374 e. The van der Waals surface area contributed by atoms with Gasteiger partial charge in [0.1, 0.15) is 5.76 Å².